The molecule has 0 bridgehead atoms. The van der Waals surface area contributed by atoms with Crippen molar-refractivity contribution in [2.75, 3.05) is 12.3 Å². The Labute approximate surface area is 155 Å². The van der Waals surface area contributed by atoms with Gasteiger partial charge in [-0.15, -0.1) is 11.8 Å². The Kier molecular flexibility index (Phi) is 6.94. The summed E-state index contributed by atoms with van der Waals surface area (Å²) in [6.45, 7) is 11.1. The Morgan fingerprint density at radius 3 is 2.56 bits per heavy atom. The molecule has 2 unspecified atom stereocenters. The Morgan fingerprint density at radius 1 is 1.24 bits per heavy atom. The minimum atomic E-state index is -0.388. The molecule has 0 saturated carbocycles. The van der Waals surface area contributed by atoms with Crippen molar-refractivity contribution in [2.24, 2.45) is 11.8 Å². The van der Waals surface area contributed by atoms with Gasteiger partial charge in [-0.1, -0.05) is 45.4 Å². The average molecular weight is 363 g/mol. The molecule has 2 rings (SSSR count). The highest BCUT2D eigenvalue weighted by Gasteiger charge is 2.41. The van der Waals surface area contributed by atoms with Crippen molar-refractivity contribution in [1.29, 1.82) is 0 Å². The largest absolute Gasteiger partial charge is 0.354 e. The van der Waals surface area contributed by atoms with E-state index in [1.165, 1.54) is 0 Å². The van der Waals surface area contributed by atoms with Gasteiger partial charge in [-0.3, -0.25) is 9.59 Å². The van der Waals surface area contributed by atoms with Crippen molar-refractivity contribution in [2.45, 2.75) is 52.5 Å². The maximum absolute atomic E-state index is 13.2. The van der Waals surface area contributed by atoms with Gasteiger partial charge in [-0.05, 0) is 37.3 Å². The minimum Gasteiger partial charge on any atom is -0.354 e. The van der Waals surface area contributed by atoms with E-state index in [4.69, 9.17) is 0 Å². The van der Waals surface area contributed by atoms with Gasteiger partial charge in [-0.2, -0.15) is 0 Å². The van der Waals surface area contributed by atoms with E-state index in [1.807, 2.05) is 36.1 Å². The molecule has 1 aromatic carbocycles. The van der Waals surface area contributed by atoms with Crippen LogP contribution >= 0.6 is 11.8 Å². The number of nitrogens with one attached hydrogen (secondary N) is 1. The molecule has 1 aliphatic heterocycles. The molecule has 1 fully saturated rings. The predicted octanol–water partition coefficient (Wildman–Crippen LogP) is 3.70. The maximum Gasteiger partial charge on any atom is 0.255 e. The number of aryl methyl sites for hydroxylation is 1. The number of nitrogens with zero attached hydrogens (tertiary/aromatic N) is 1. The lowest BCUT2D eigenvalue weighted by Crippen LogP contribution is -2.50. The molecule has 1 aliphatic rings. The van der Waals surface area contributed by atoms with Gasteiger partial charge in [0.1, 0.15) is 6.04 Å². The highest BCUT2D eigenvalue weighted by atomic mass is 32.2. The SMILES string of the molecule is Cc1cccc(C(=O)N2C(CC(C)C)SCC2C(=O)NCC(C)C)c1. The molecule has 0 radical (unpaired) electrons. The van der Waals surface area contributed by atoms with E-state index >= 15 is 0 Å². The van der Waals surface area contributed by atoms with Crippen molar-refractivity contribution in [1.82, 2.24) is 10.2 Å². The van der Waals surface area contributed by atoms with Gasteiger partial charge >= 0.3 is 0 Å². The van der Waals surface area contributed by atoms with E-state index in [0.29, 0.717) is 29.7 Å². The fraction of sp³-hybridized carbons (Fsp3) is 0.600. The number of carbonyl (C=O) groups excluding carboxylic acids is 2. The number of amides is 2. The number of rotatable bonds is 6. The molecule has 2 amide bonds. The van der Waals surface area contributed by atoms with Crippen LogP contribution in [0.25, 0.3) is 0 Å². The second kappa shape index (κ2) is 8.75. The second-order valence-electron chi connectivity index (χ2n) is 7.65. The Balaban J connectivity index is 2.23. The molecule has 4 nitrogen and oxygen atoms in total. The van der Waals surface area contributed by atoms with E-state index in [-0.39, 0.29) is 23.2 Å². The summed E-state index contributed by atoms with van der Waals surface area (Å²) < 4.78 is 0. The van der Waals surface area contributed by atoms with Crippen molar-refractivity contribution < 1.29 is 9.59 Å². The number of thioether (sulfide) groups is 1. The lowest BCUT2D eigenvalue weighted by molar-refractivity contribution is -0.125. The monoisotopic (exact) mass is 362 g/mol. The fourth-order valence-electron chi connectivity index (χ4n) is 2.97. The van der Waals surface area contributed by atoms with Crippen LogP contribution in [0.1, 0.15) is 50.0 Å². The predicted molar refractivity (Wildman–Crippen MR) is 105 cm³/mol. The van der Waals surface area contributed by atoms with E-state index in [9.17, 15) is 9.59 Å². The van der Waals surface area contributed by atoms with Crippen molar-refractivity contribution in [3.05, 3.63) is 35.4 Å². The van der Waals surface area contributed by atoms with Gasteiger partial charge < -0.3 is 10.2 Å². The summed E-state index contributed by atoms with van der Waals surface area (Å²) >= 11 is 1.72. The average Bonchev–Trinajstić information content (AvgIpc) is 2.94. The first-order valence-corrected chi connectivity index (χ1v) is 10.1. The van der Waals surface area contributed by atoms with Gasteiger partial charge in [0.2, 0.25) is 5.91 Å². The zero-order valence-electron chi connectivity index (χ0n) is 15.9. The fourth-order valence-corrected chi connectivity index (χ4v) is 4.61. The number of benzene rings is 1. The van der Waals surface area contributed by atoms with Crippen LogP contribution in [0.15, 0.2) is 24.3 Å². The first kappa shape index (κ1) is 19.8. The summed E-state index contributed by atoms with van der Waals surface area (Å²) in [5.74, 6) is 1.46. The zero-order chi connectivity index (χ0) is 18.6. The number of hydrogen-bond donors (Lipinski definition) is 1. The van der Waals surface area contributed by atoms with Crippen LogP contribution in [0.5, 0.6) is 0 Å². The molecule has 2 atom stereocenters. The third-order valence-electron chi connectivity index (χ3n) is 4.25. The summed E-state index contributed by atoms with van der Waals surface area (Å²) in [5.41, 5.74) is 1.72. The first-order chi connectivity index (χ1) is 11.8. The van der Waals surface area contributed by atoms with E-state index < -0.39 is 0 Å². The lowest BCUT2D eigenvalue weighted by atomic mass is 10.1. The smallest absolute Gasteiger partial charge is 0.255 e. The van der Waals surface area contributed by atoms with Crippen LogP contribution in [-0.2, 0) is 4.79 Å². The summed E-state index contributed by atoms with van der Waals surface area (Å²) in [5, 5.41) is 3.06. The molecule has 5 heteroatoms. The molecular formula is C20H30N2O2S. The standard InChI is InChI=1S/C20H30N2O2S/c1-13(2)9-18-22(20(24)16-8-6-7-15(5)10-16)17(12-25-18)19(23)21-11-14(3)4/h6-8,10,13-14,17-18H,9,11-12H2,1-5H3,(H,21,23). The molecule has 1 saturated heterocycles. The summed E-state index contributed by atoms with van der Waals surface area (Å²) in [6.07, 6.45) is 0.899. The molecule has 0 spiro atoms. The number of hydrogen-bond acceptors (Lipinski definition) is 3. The van der Waals surface area contributed by atoms with Crippen LogP contribution in [0.4, 0.5) is 0 Å². The Morgan fingerprint density at radius 2 is 1.96 bits per heavy atom. The van der Waals surface area contributed by atoms with Crippen molar-refractivity contribution in [3.8, 4) is 0 Å². The van der Waals surface area contributed by atoms with Crippen LogP contribution in [-0.4, -0.2) is 40.4 Å². The highest BCUT2D eigenvalue weighted by Crippen LogP contribution is 2.34. The third kappa shape index (κ3) is 5.24. The van der Waals surface area contributed by atoms with Gasteiger partial charge in [0, 0.05) is 17.9 Å². The van der Waals surface area contributed by atoms with Crippen molar-refractivity contribution >= 4 is 23.6 Å². The zero-order valence-corrected chi connectivity index (χ0v) is 16.7. The minimum absolute atomic E-state index is 0.0338. The molecule has 1 heterocycles. The normalized spacial score (nSPS) is 20.4. The van der Waals surface area contributed by atoms with Gasteiger partial charge in [-0.25, -0.2) is 0 Å². The van der Waals surface area contributed by atoms with Crippen LogP contribution < -0.4 is 5.32 Å². The summed E-state index contributed by atoms with van der Waals surface area (Å²) in [6, 6.07) is 7.24. The second-order valence-corrected chi connectivity index (χ2v) is 8.87. The molecular weight excluding hydrogens is 332 g/mol. The maximum atomic E-state index is 13.2. The lowest BCUT2D eigenvalue weighted by Gasteiger charge is -2.30. The molecule has 0 aliphatic carbocycles. The molecule has 25 heavy (non-hydrogen) atoms. The molecule has 1 N–H and O–H groups in total. The molecule has 138 valence electrons. The Hall–Kier alpha value is -1.49. The number of carbonyl (C=O) groups is 2. The van der Waals surface area contributed by atoms with Gasteiger partial charge in [0.15, 0.2) is 0 Å². The highest BCUT2D eigenvalue weighted by molar-refractivity contribution is 8.00. The molecule has 0 aromatic heterocycles. The van der Waals surface area contributed by atoms with Gasteiger partial charge in [0.05, 0.1) is 5.37 Å². The quantitative estimate of drug-likeness (QED) is 0.839. The van der Waals surface area contributed by atoms with Gasteiger partial charge in [0.25, 0.3) is 5.91 Å². The van der Waals surface area contributed by atoms with E-state index in [2.05, 4.69) is 33.0 Å². The topological polar surface area (TPSA) is 49.4 Å². The van der Waals surface area contributed by atoms with Crippen LogP contribution in [0.3, 0.4) is 0 Å². The summed E-state index contributed by atoms with van der Waals surface area (Å²) in [7, 11) is 0. The van der Waals surface area contributed by atoms with E-state index in [1.54, 1.807) is 11.8 Å². The van der Waals surface area contributed by atoms with E-state index in [0.717, 1.165) is 12.0 Å². The Bertz CT molecular complexity index is 615. The molecule has 1 aromatic rings. The van der Waals surface area contributed by atoms with Crippen LogP contribution in [0, 0.1) is 18.8 Å². The third-order valence-corrected chi connectivity index (χ3v) is 5.56. The van der Waals surface area contributed by atoms with Crippen molar-refractivity contribution in [3.63, 3.8) is 0 Å². The first-order valence-electron chi connectivity index (χ1n) is 9.08. The summed E-state index contributed by atoms with van der Waals surface area (Å²) in [4.78, 5) is 27.7. The van der Waals surface area contributed by atoms with Crippen LogP contribution in [0.2, 0.25) is 0 Å².